The van der Waals surface area contributed by atoms with Gasteiger partial charge >= 0.3 is 7.60 Å². The van der Waals surface area contributed by atoms with Gasteiger partial charge in [0.2, 0.25) is 0 Å². The molecule has 0 N–H and O–H groups in total. The Morgan fingerprint density at radius 1 is 1.25 bits per heavy atom. The number of hydrogen-bond donors (Lipinski definition) is 0. The summed E-state index contributed by atoms with van der Waals surface area (Å²) >= 11 is 4.73. The fourth-order valence-corrected chi connectivity index (χ4v) is 4.81. The molecule has 0 aromatic rings. The third kappa shape index (κ3) is 6.60. The van der Waals surface area contributed by atoms with Crippen molar-refractivity contribution in [2.45, 2.75) is 58.4 Å². The molecule has 1 fully saturated rings. The normalized spacial score (nSPS) is 18.5. The topological polar surface area (TPSA) is 47.9 Å². The van der Waals surface area contributed by atoms with Gasteiger partial charge < -0.3 is 9.05 Å². The molecule has 1 atom stereocenters. The lowest BCUT2D eigenvalue weighted by atomic mass is 9.85. The maximum atomic E-state index is 12.6. The van der Waals surface area contributed by atoms with Gasteiger partial charge in [-0.25, -0.2) is 4.99 Å². The SMILES string of the molecule is CCOP(=O)(CC(CC1CCCCC1)N=C=S)OCC. The van der Waals surface area contributed by atoms with Gasteiger partial charge in [0.1, 0.15) is 0 Å². The first-order valence-electron chi connectivity index (χ1n) is 7.58. The molecule has 6 heteroatoms. The summed E-state index contributed by atoms with van der Waals surface area (Å²) in [6.07, 6.45) is 7.59. The van der Waals surface area contributed by atoms with Crippen molar-refractivity contribution in [1.29, 1.82) is 0 Å². The molecule has 0 radical (unpaired) electrons. The Morgan fingerprint density at radius 3 is 2.35 bits per heavy atom. The van der Waals surface area contributed by atoms with Crippen molar-refractivity contribution in [3.8, 4) is 0 Å². The van der Waals surface area contributed by atoms with E-state index in [1.165, 1.54) is 32.1 Å². The molecule has 4 nitrogen and oxygen atoms in total. The summed E-state index contributed by atoms with van der Waals surface area (Å²) in [5.74, 6) is 0.651. The number of nitrogens with zero attached hydrogens (tertiary/aromatic N) is 1. The molecule has 0 aromatic carbocycles. The summed E-state index contributed by atoms with van der Waals surface area (Å²) in [7, 11) is -3.05. The predicted octanol–water partition coefficient (Wildman–Crippen LogP) is 4.69. The summed E-state index contributed by atoms with van der Waals surface area (Å²) in [6.45, 7) is 4.41. The first-order valence-corrected chi connectivity index (χ1v) is 9.72. The van der Waals surface area contributed by atoms with Crippen LogP contribution in [0.4, 0.5) is 0 Å². The summed E-state index contributed by atoms with van der Waals surface area (Å²) in [4.78, 5) is 4.20. The molecule has 0 aromatic heterocycles. The molecule has 1 aliphatic rings. The number of isothiocyanates is 1. The Bertz CT molecular complexity index is 355. The third-order valence-electron chi connectivity index (χ3n) is 3.65. The summed E-state index contributed by atoms with van der Waals surface area (Å²) in [6, 6.07) is -0.0977. The van der Waals surface area contributed by atoms with Crippen LogP contribution in [0, 0.1) is 5.92 Å². The molecule has 0 heterocycles. The van der Waals surface area contributed by atoms with Crippen LogP contribution in [0.15, 0.2) is 4.99 Å². The Labute approximate surface area is 127 Å². The fraction of sp³-hybridized carbons (Fsp3) is 0.929. The van der Waals surface area contributed by atoms with Crippen LogP contribution in [0.1, 0.15) is 52.4 Å². The minimum absolute atomic E-state index is 0.0977. The third-order valence-corrected chi connectivity index (χ3v) is 5.93. The lowest BCUT2D eigenvalue weighted by Gasteiger charge is -2.26. The van der Waals surface area contributed by atoms with E-state index in [0.29, 0.717) is 25.3 Å². The highest BCUT2D eigenvalue weighted by Crippen LogP contribution is 2.49. The molecule has 1 aliphatic carbocycles. The van der Waals surface area contributed by atoms with Crippen molar-refractivity contribution < 1.29 is 13.6 Å². The Hall–Kier alpha value is -0.0500. The monoisotopic (exact) mass is 319 g/mol. The van der Waals surface area contributed by atoms with Gasteiger partial charge in [-0.05, 0) is 38.4 Å². The van der Waals surface area contributed by atoms with Gasteiger partial charge in [-0.15, -0.1) is 0 Å². The van der Waals surface area contributed by atoms with Crippen LogP contribution in [0.5, 0.6) is 0 Å². The number of aliphatic imine (C=N–C) groups is 1. The molecular formula is C14H26NO3PS. The molecule has 1 unspecified atom stereocenters. The summed E-state index contributed by atoms with van der Waals surface area (Å²) in [5, 5.41) is 2.44. The molecular weight excluding hydrogens is 293 g/mol. The number of rotatable bonds is 9. The van der Waals surface area contributed by atoms with Crippen molar-refractivity contribution in [1.82, 2.24) is 0 Å². The molecule has 0 saturated heterocycles. The van der Waals surface area contributed by atoms with E-state index in [1.54, 1.807) is 0 Å². The molecule has 1 saturated carbocycles. The number of hydrogen-bond acceptors (Lipinski definition) is 5. The number of thiocarbonyl (C=S) groups is 1. The van der Waals surface area contributed by atoms with E-state index in [-0.39, 0.29) is 6.04 Å². The Morgan fingerprint density at radius 2 is 1.85 bits per heavy atom. The molecule has 0 spiro atoms. The van der Waals surface area contributed by atoms with Gasteiger partial charge in [0, 0.05) is 0 Å². The van der Waals surface area contributed by atoms with E-state index >= 15 is 0 Å². The van der Waals surface area contributed by atoms with Crippen LogP contribution in [-0.4, -0.2) is 30.6 Å². The highest BCUT2D eigenvalue weighted by atomic mass is 32.1. The van der Waals surface area contributed by atoms with Crippen LogP contribution < -0.4 is 0 Å². The van der Waals surface area contributed by atoms with Crippen molar-refractivity contribution in [3.05, 3.63) is 0 Å². The quantitative estimate of drug-likeness (QED) is 0.351. The summed E-state index contributed by atoms with van der Waals surface area (Å²) < 4.78 is 23.3. The van der Waals surface area contributed by atoms with Crippen LogP contribution in [0.2, 0.25) is 0 Å². The fourth-order valence-electron chi connectivity index (χ4n) is 2.84. The van der Waals surface area contributed by atoms with Gasteiger partial charge in [-0.1, -0.05) is 32.1 Å². The Balaban J connectivity index is 2.63. The molecule has 0 amide bonds. The maximum absolute atomic E-state index is 12.6. The van der Waals surface area contributed by atoms with E-state index in [9.17, 15) is 4.57 Å². The molecule has 0 bridgehead atoms. The lowest BCUT2D eigenvalue weighted by molar-refractivity contribution is 0.216. The molecule has 1 rings (SSSR count). The van der Waals surface area contributed by atoms with Gasteiger partial charge in [0.05, 0.1) is 30.6 Å². The average molecular weight is 319 g/mol. The van der Waals surface area contributed by atoms with E-state index in [0.717, 1.165) is 6.42 Å². The second-order valence-electron chi connectivity index (χ2n) is 5.24. The minimum Gasteiger partial charge on any atom is -0.309 e. The smallest absolute Gasteiger partial charge is 0.309 e. The standard InChI is InChI=1S/C14H26NO3PS/c1-3-17-19(16,18-4-2)11-14(15-12-20)10-13-8-6-5-7-9-13/h13-14H,3-11H2,1-2H3. The zero-order valence-corrected chi connectivity index (χ0v) is 14.3. The lowest BCUT2D eigenvalue weighted by Crippen LogP contribution is -2.19. The maximum Gasteiger partial charge on any atom is 0.332 e. The Kier molecular flexibility index (Phi) is 8.83. The van der Waals surface area contributed by atoms with Crippen molar-refractivity contribution >= 4 is 25.0 Å². The summed E-state index contributed by atoms with van der Waals surface area (Å²) in [5.41, 5.74) is 0. The first-order chi connectivity index (χ1) is 9.63. The van der Waals surface area contributed by atoms with Crippen LogP contribution in [0.3, 0.4) is 0 Å². The van der Waals surface area contributed by atoms with Crippen LogP contribution in [-0.2, 0) is 13.6 Å². The van der Waals surface area contributed by atoms with Crippen LogP contribution >= 0.6 is 19.8 Å². The average Bonchev–Trinajstić information content (AvgIpc) is 2.40. The van der Waals surface area contributed by atoms with E-state index in [1.807, 2.05) is 13.8 Å². The zero-order valence-electron chi connectivity index (χ0n) is 12.5. The van der Waals surface area contributed by atoms with Gasteiger partial charge in [0.15, 0.2) is 0 Å². The van der Waals surface area contributed by atoms with E-state index < -0.39 is 7.60 Å². The van der Waals surface area contributed by atoms with Crippen molar-refractivity contribution in [2.24, 2.45) is 10.9 Å². The minimum atomic E-state index is -3.05. The molecule has 116 valence electrons. The predicted molar refractivity (Wildman–Crippen MR) is 85.7 cm³/mol. The second kappa shape index (κ2) is 9.81. The van der Waals surface area contributed by atoms with E-state index in [4.69, 9.17) is 21.3 Å². The highest BCUT2D eigenvalue weighted by molar-refractivity contribution is 7.78. The van der Waals surface area contributed by atoms with Gasteiger partial charge in [-0.3, -0.25) is 4.57 Å². The molecule has 0 aliphatic heterocycles. The van der Waals surface area contributed by atoms with Crippen molar-refractivity contribution in [2.75, 3.05) is 19.4 Å². The van der Waals surface area contributed by atoms with Gasteiger partial charge in [-0.2, -0.15) is 0 Å². The van der Waals surface area contributed by atoms with E-state index in [2.05, 4.69) is 10.2 Å². The van der Waals surface area contributed by atoms with Crippen molar-refractivity contribution in [3.63, 3.8) is 0 Å². The van der Waals surface area contributed by atoms with Gasteiger partial charge in [0.25, 0.3) is 0 Å². The largest absolute Gasteiger partial charge is 0.332 e. The molecule has 20 heavy (non-hydrogen) atoms. The first kappa shape index (κ1) is 18.0. The van der Waals surface area contributed by atoms with Crippen LogP contribution in [0.25, 0.3) is 0 Å². The second-order valence-corrected chi connectivity index (χ2v) is 7.53. The zero-order chi connectivity index (χ0) is 14.8. The highest BCUT2D eigenvalue weighted by Gasteiger charge is 2.30.